The van der Waals surface area contributed by atoms with Crippen LogP contribution in [0, 0.1) is 0 Å². The predicted molar refractivity (Wildman–Crippen MR) is 101 cm³/mol. The lowest BCUT2D eigenvalue weighted by Crippen LogP contribution is -2.33. The second-order valence-electron chi connectivity index (χ2n) is 5.55. The van der Waals surface area contributed by atoms with Crippen molar-refractivity contribution in [3.05, 3.63) is 53.6 Å². The molecule has 0 fully saturated rings. The van der Waals surface area contributed by atoms with Gasteiger partial charge in [-0.3, -0.25) is 9.69 Å². The van der Waals surface area contributed by atoms with E-state index >= 15 is 0 Å². The number of halogens is 1. The van der Waals surface area contributed by atoms with Crippen molar-refractivity contribution >= 4 is 23.2 Å². The van der Waals surface area contributed by atoms with Crippen LogP contribution in [0.3, 0.4) is 0 Å². The van der Waals surface area contributed by atoms with Gasteiger partial charge in [-0.25, -0.2) is 0 Å². The van der Waals surface area contributed by atoms with E-state index in [1.165, 1.54) is 0 Å². The zero-order valence-corrected chi connectivity index (χ0v) is 15.3. The minimum Gasteiger partial charge on any atom is -0.494 e. The van der Waals surface area contributed by atoms with E-state index in [1.807, 2.05) is 43.1 Å². The van der Waals surface area contributed by atoms with Crippen molar-refractivity contribution in [3.63, 3.8) is 0 Å². The predicted octanol–water partition coefficient (Wildman–Crippen LogP) is 3.69. The van der Waals surface area contributed by atoms with E-state index in [4.69, 9.17) is 21.1 Å². The average molecular weight is 363 g/mol. The fourth-order valence-corrected chi connectivity index (χ4v) is 2.30. The molecule has 25 heavy (non-hydrogen) atoms. The number of likely N-dealkylation sites (N-methyl/N-ethyl adjacent to an activating group) is 1. The van der Waals surface area contributed by atoms with Gasteiger partial charge in [0.2, 0.25) is 5.91 Å². The molecule has 0 atom stereocenters. The van der Waals surface area contributed by atoms with E-state index in [0.29, 0.717) is 24.8 Å². The Kier molecular flexibility index (Phi) is 7.57. The van der Waals surface area contributed by atoms with Crippen molar-refractivity contribution in [3.8, 4) is 11.5 Å². The lowest BCUT2D eigenvalue weighted by atomic mass is 10.3. The van der Waals surface area contributed by atoms with Crippen molar-refractivity contribution in [2.45, 2.75) is 6.92 Å². The lowest BCUT2D eigenvalue weighted by Gasteiger charge is -2.16. The quantitative estimate of drug-likeness (QED) is 0.739. The van der Waals surface area contributed by atoms with Gasteiger partial charge in [0.05, 0.1) is 13.2 Å². The van der Waals surface area contributed by atoms with Gasteiger partial charge < -0.3 is 14.8 Å². The van der Waals surface area contributed by atoms with Gasteiger partial charge in [-0.1, -0.05) is 11.6 Å². The number of carbonyl (C=O) groups excluding carboxylic acids is 1. The highest BCUT2D eigenvalue weighted by molar-refractivity contribution is 6.30. The average Bonchev–Trinajstić information content (AvgIpc) is 2.59. The number of rotatable bonds is 9. The number of nitrogens with zero attached hydrogens (tertiary/aromatic N) is 1. The Morgan fingerprint density at radius 3 is 2.24 bits per heavy atom. The fraction of sp³-hybridized carbons (Fsp3) is 0.316. The summed E-state index contributed by atoms with van der Waals surface area (Å²) >= 11 is 5.82. The normalized spacial score (nSPS) is 10.6. The third-order valence-electron chi connectivity index (χ3n) is 3.42. The molecule has 0 radical (unpaired) electrons. The Hall–Kier alpha value is -2.24. The highest BCUT2D eigenvalue weighted by Gasteiger charge is 2.07. The minimum absolute atomic E-state index is 0.0779. The van der Waals surface area contributed by atoms with Gasteiger partial charge in [0, 0.05) is 17.3 Å². The number of hydrogen-bond acceptors (Lipinski definition) is 4. The number of benzene rings is 2. The Morgan fingerprint density at radius 1 is 1.04 bits per heavy atom. The molecular weight excluding hydrogens is 340 g/mol. The molecule has 2 aromatic rings. The van der Waals surface area contributed by atoms with E-state index in [2.05, 4.69) is 5.32 Å². The molecule has 0 saturated heterocycles. The first-order valence-electron chi connectivity index (χ1n) is 8.16. The molecule has 1 N–H and O–H groups in total. The Morgan fingerprint density at radius 2 is 1.64 bits per heavy atom. The number of nitrogens with one attached hydrogen (secondary N) is 1. The second-order valence-corrected chi connectivity index (χ2v) is 5.98. The molecule has 0 aliphatic carbocycles. The standard InChI is InChI=1S/C19H23ClN2O3/c1-3-24-17-8-10-18(11-9-17)25-13-12-22(2)14-19(23)21-16-6-4-15(20)5-7-16/h4-11H,3,12-14H2,1-2H3,(H,21,23). The molecule has 5 nitrogen and oxygen atoms in total. The van der Waals surface area contributed by atoms with E-state index in [0.717, 1.165) is 17.2 Å². The maximum atomic E-state index is 12.0. The lowest BCUT2D eigenvalue weighted by molar-refractivity contribution is -0.117. The maximum absolute atomic E-state index is 12.0. The first kappa shape index (κ1) is 19.1. The van der Waals surface area contributed by atoms with E-state index in [9.17, 15) is 4.79 Å². The Balaban J connectivity index is 1.68. The van der Waals surface area contributed by atoms with Crippen LogP contribution in [0.1, 0.15) is 6.92 Å². The van der Waals surface area contributed by atoms with Gasteiger partial charge >= 0.3 is 0 Å². The number of anilines is 1. The van der Waals surface area contributed by atoms with E-state index in [1.54, 1.807) is 24.3 Å². The van der Waals surface area contributed by atoms with Crippen LogP contribution in [-0.4, -0.2) is 44.2 Å². The first-order valence-corrected chi connectivity index (χ1v) is 8.54. The molecule has 0 aromatic heterocycles. The van der Waals surface area contributed by atoms with Gasteiger partial charge in [0.25, 0.3) is 0 Å². The first-order chi connectivity index (χ1) is 12.1. The summed E-state index contributed by atoms with van der Waals surface area (Å²) in [6.07, 6.45) is 0. The monoisotopic (exact) mass is 362 g/mol. The Labute approximate surface area is 153 Å². The smallest absolute Gasteiger partial charge is 0.238 e. The van der Waals surface area contributed by atoms with Crippen LogP contribution < -0.4 is 14.8 Å². The van der Waals surface area contributed by atoms with Gasteiger partial charge in [0.1, 0.15) is 18.1 Å². The molecule has 0 unspecified atom stereocenters. The van der Waals surface area contributed by atoms with Crippen LogP contribution in [0.5, 0.6) is 11.5 Å². The highest BCUT2D eigenvalue weighted by Crippen LogP contribution is 2.17. The molecule has 2 aromatic carbocycles. The molecule has 2 rings (SSSR count). The SMILES string of the molecule is CCOc1ccc(OCCN(C)CC(=O)Nc2ccc(Cl)cc2)cc1. The van der Waals surface area contributed by atoms with Crippen LogP contribution >= 0.6 is 11.6 Å². The molecule has 0 aliphatic rings. The third kappa shape index (κ3) is 7.03. The topological polar surface area (TPSA) is 50.8 Å². The zero-order valence-electron chi connectivity index (χ0n) is 14.5. The summed E-state index contributed by atoms with van der Waals surface area (Å²) in [5.41, 5.74) is 0.730. The van der Waals surface area contributed by atoms with Crippen LogP contribution in [0.2, 0.25) is 5.02 Å². The number of carbonyl (C=O) groups is 1. The molecule has 0 heterocycles. The van der Waals surface area contributed by atoms with Gasteiger partial charge in [-0.05, 0) is 62.5 Å². The van der Waals surface area contributed by atoms with Crippen LogP contribution in [-0.2, 0) is 4.79 Å². The molecule has 0 saturated carbocycles. The van der Waals surface area contributed by atoms with E-state index < -0.39 is 0 Å². The molecule has 0 aliphatic heterocycles. The zero-order chi connectivity index (χ0) is 18.1. The molecule has 0 bridgehead atoms. The van der Waals surface area contributed by atoms with Gasteiger partial charge in [-0.15, -0.1) is 0 Å². The second kappa shape index (κ2) is 9.91. The number of ether oxygens (including phenoxy) is 2. The summed E-state index contributed by atoms with van der Waals surface area (Å²) in [4.78, 5) is 13.9. The van der Waals surface area contributed by atoms with Crippen molar-refractivity contribution in [2.24, 2.45) is 0 Å². The van der Waals surface area contributed by atoms with Crippen LogP contribution in [0.25, 0.3) is 0 Å². The summed E-state index contributed by atoms with van der Waals surface area (Å²) in [6.45, 7) is 4.02. The van der Waals surface area contributed by atoms with Crippen LogP contribution in [0.4, 0.5) is 5.69 Å². The van der Waals surface area contributed by atoms with Crippen molar-refractivity contribution in [2.75, 3.05) is 38.7 Å². The van der Waals surface area contributed by atoms with Gasteiger partial charge in [-0.2, -0.15) is 0 Å². The summed E-state index contributed by atoms with van der Waals surface area (Å²) in [6, 6.07) is 14.5. The fourth-order valence-electron chi connectivity index (χ4n) is 2.18. The van der Waals surface area contributed by atoms with Crippen molar-refractivity contribution in [1.82, 2.24) is 4.90 Å². The number of hydrogen-bond donors (Lipinski definition) is 1. The Bertz CT molecular complexity index is 659. The maximum Gasteiger partial charge on any atom is 0.238 e. The third-order valence-corrected chi connectivity index (χ3v) is 3.67. The molecule has 1 amide bonds. The minimum atomic E-state index is -0.0779. The molecule has 0 spiro atoms. The van der Waals surface area contributed by atoms with E-state index in [-0.39, 0.29) is 12.5 Å². The van der Waals surface area contributed by atoms with Crippen molar-refractivity contribution < 1.29 is 14.3 Å². The summed E-state index contributed by atoms with van der Waals surface area (Å²) < 4.78 is 11.1. The molecule has 6 heteroatoms. The summed E-state index contributed by atoms with van der Waals surface area (Å²) in [7, 11) is 1.88. The largest absolute Gasteiger partial charge is 0.494 e. The van der Waals surface area contributed by atoms with Crippen LogP contribution in [0.15, 0.2) is 48.5 Å². The number of amides is 1. The molecular formula is C19H23ClN2O3. The molecule has 134 valence electrons. The highest BCUT2D eigenvalue weighted by atomic mass is 35.5. The van der Waals surface area contributed by atoms with Gasteiger partial charge in [0.15, 0.2) is 0 Å². The summed E-state index contributed by atoms with van der Waals surface area (Å²) in [5, 5.41) is 3.47. The summed E-state index contributed by atoms with van der Waals surface area (Å²) in [5.74, 6) is 1.53. The van der Waals surface area contributed by atoms with Crippen molar-refractivity contribution in [1.29, 1.82) is 0 Å².